The number of aliphatic hydroxyl groups is 1. The first-order valence-electron chi connectivity index (χ1n) is 10.0. The van der Waals surface area contributed by atoms with Gasteiger partial charge < -0.3 is 29.3 Å². The number of methoxy groups -OCH3 is 2. The smallest absolute Gasteiger partial charge is 0.164 e. The molecule has 33 heavy (non-hydrogen) atoms. The maximum atomic E-state index is 15.1. The fraction of sp³-hybridized carbons (Fsp3) is 0.167. The summed E-state index contributed by atoms with van der Waals surface area (Å²) in [6.07, 6.45) is 1.88. The van der Waals surface area contributed by atoms with Gasteiger partial charge in [-0.25, -0.2) is 14.4 Å². The summed E-state index contributed by atoms with van der Waals surface area (Å²) in [5, 5.41) is 11.6. The lowest BCUT2D eigenvalue weighted by Crippen LogP contribution is -2.05. The van der Waals surface area contributed by atoms with Gasteiger partial charge in [-0.1, -0.05) is 6.07 Å². The topological polar surface area (TPSA) is 105 Å². The zero-order valence-corrected chi connectivity index (χ0v) is 17.8. The third-order valence-corrected chi connectivity index (χ3v) is 5.31. The highest BCUT2D eigenvalue weighted by Crippen LogP contribution is 2.37. The predicted molar refractivity (Wildman–Crippen MR) is 118 cm³/mol. The van der Waals surface area contributed by atoms with Crippen molar-refractivity contribution in [1.29, 1.82) is 0 Å². The summed E-state index contributed by atoms with van der Waals surface area (Å²) in [4.78, 5) is 14.7. The van der Waals surface area contributed by atoms with Crippen molar-refractivity contribution in [2.45, 2.75) is 12.7 Å². The molecule has 9 heteroatoms. The number of nitrogens with one attached hydrogen (secondary N) is 2. The van der Waals surface area contributed by atoms with Crippen LogP contribution in [-0.2, 0) is 6.61 Å². The standard InChI is InChI=1S/C24H19FN4O4/c1-31-13-7-14-16(11-27-24(14)26-10-13)23(30)15-8-20(32-2)21(9-17(15)25)33-12-22-28-18-5-3-4-6-19(18)29-22/h3,5,7-11,23,30H,12H2,1-2H3,(H,26,27)(H,28,29). The van der Waals surface area contributed by atoms with E-state index in [4.69, 9.17) is 14.2 Å². The van der Waals surface area contributed by atoms with E-state index in [1.165, 1.54) is 26.4 Å². The number of hydrogen-bond acceptors (Lipinski definition) is 6. The third kappa shape index (κ3) is 3.77. The van der Waals surface area contributed by atoms with E-state index in [0.717, 1.165) is 5.52 Å². The van der Waals surface area contributed by atoms with E-state index < -0.39 is 11.9 Å². The zero-order valence-electron chi connectivity index (χ0n) is 17.8. The lowest BCUT2D eigenvalue weighted by atomic mass is 10.0. The molecule has 0 saturated carbocycles. The summed E-state index contributed by atoms with van der Waals surface area (Å²) >= 11 is 0. The van der Waals surface area contributed by atoms with Crippen LogP contribution in [0.5, 0.6) is 17.2 Å². The number of pyridine rings is 1. The van der Waals surface area contributed by atoms with Gasteiger partial charge >= 0.3 is 0 Å². The van der Waals surface area contributed by atoms with Crippen LogP contribution < -0.4 is 14.2 Å². The number of benzene rings is 1. The SMILES string of the molecule is COc1cnc2[nH]cc(C(O)c3cc(OC)c(OCc4nc5ccc#cc5[nH]4)cc3F)c2c1. The van der Waals surface area contributed by atoms with Crippen molar-refractivity contribution in [3.8, 4) is 17.2 Å². The Morgan fingerprint density at radius 1 is 1.15 bits per heavy atom. The average Bonchev–Trinajstić information content (AvgIpc) is 3.45. The number of aromatic amines is 2. The number of ether oxygens (including phenoxy) is 3. The minimum atomic E-state index is -1.27. The molecule has 0 aliphatic carbocycles. The highest BCUT2D eigenvalue weighted by atomic mass is 19.1. The maximum absolute atomic E-state index is 15.1. The zero-order chi connectivity index (χ0) is 22.9. The number of aromatic nitrogens is 4. The maximum Gasteiger partial charge on any atom is 0.164 e. The number of rotatable bonds is 7. The molecule has 0 aliphatic rings. The molecule has 166 valence electrons. The first-order chi connectivity index (χ1) is 16.1. The van der Waals surface area contributed by atoms with E-state index in [1.807, 2.05) is 0 Å². The van der Waals surface area contributed by atoms with Crippen molar-refractivity contribution < 1.29 is 23.7 Å². The number of aliphatic hydroxyl groups excluding tert-OH is 1. The van der Waals surface area contributed by atoms with Crippen LogP contribution in [0.1, 0.15) is 23.1 Å². The Balaban J connectivity index is 1.43. The van der Waals surface area contributed by atoms with Crippen LogP contribution in [0.3, 0.4) is 0 Å². The van der Waals surface area contributed by atoms with E-state index in [2.05, 4.69) is 32.1 Å². The number of hydrogen-bond donors (Lipinski definition) is 3. The molecule has 1 atom stereocenters. The van der Waals surface area contributed by atoms with Crippen molar-refractivity contribution in [3.63, 3.8) is 0 Å². The van der Waals surface area contributed by atoms with Crippen molar-refractivity contribution in [3.05, 3.63) is 77.6 Å². The Morgan fingerprint density at radius 3 is 2.82 bits per heavy atom. The fourth-order valence-corrected chi connectivity index (χ4v) is 3.65. The molecule has 5 aromatic rings. The Bertz CT molecular complexity index is 1410. The van der Waals surface area contributed by atoms with Gasteiger partial charge in [-0.3, -0.25) is 0 Å². The number of nitrogens with zero attached hydrogens (tertiary/aromatic N) is 2. The molecule has 0 amide bonds. The van der Waals surface area contributed by atoms with Gasteiger partial charge in [0, 0.05) is 28.8 Å². The molecule has 3 aromatic heterocycles. The minimum absolute atomic E-state index is 0.0387. The van der Waals surface area contributed by atoms with E-state index in [1.54, 1.807) is 30.6 Å². The molecular weight excluding hydrogens is 427 g/mol. The Morgan fingerprint density at radius 2 is 2.03 bits per heavy atom. The van der Waals surface area contributed by atoms with E-state index in [9.17, 15) is 5.11 Å². The fourth-order valence-electron chi connectivity index (χ4n) is 3.65. The second-order valence-electron chi connectivity index (χ2n) is 7.28. The monoisotopic (exact) mass is 446 g/mol. The molecule has 8 nitrogen and oxygen atoms in total. The van der Waals surface area contributed by atoms with E-state index in [-0.39, 0.29) is 23.7 Å². The molecule has 2 aromatic carbocycles. The highest BCUT2D eigenvalue weighted by molar-refractivity contribution is 5.82. The van der Waals surface area contributed by atoms with Gasteiger partial charge in [0.2, 0.25) is 0 Å². The quantitative estimate of drug-likeness (QED) is 0.351. The Kier molecular flexibility index (Phi) is 5.20. The second-order valence-corrected chi connectivity index (χ2v) is 7.28. The van der Waals surface area contributed by atoms with Crippen LogP contribution in [0.2, 0.25) is 0 Å². The molecule has 0 fully saturated rings. The summed E-state index contributed by atoms with van der Waals surface area (Å²) in [6.45, 7) is 0.0636. The second kappa shape index (κ2) is 8.33. The number of halogens is 1. The molecule has 1 unspecified atom stereocenters. The Hall–Kier alpha value is -4.29. The summed E-state index contributed by atoms with van der Waals surface area (Å²) in [6, 6.07) is 13.6. The average molecular weight is 446 g/mol. The van der Waals surface area contributed by atoms with Crippen molar-refractivity contribution in [2.24, 2.45) is 0 Å². The van der Waals surface area contributed by atoms with Crippen LogP contribution in [0.4, 0.5) is 4.39 Å². The number of H-pyrrole nitrogens is 2. The lowest BCUT2D eigenvalue weighted by Gasteiger charge is -2.16. The van der Waals surface area contributed by atoms with Crippen LogP contribution in [-0.4, -0.2) is 39.3 Å². The largest absolute Gasteiger partial charge is 0.495 e. The number of fused-ring (bicyclic) bond motifs is 2. The van der Waals surface area contributed by atoms with Gasteiger partial charge in [-0.15, -0.1) is 0 Å². The minimum Gasteiger partial charge on any atom is -0.495 e. The normalized spacial score (nSPS) is 12.0. The van der Waals surface area contributed by atoms with E-state index >= 15 is 4.39 Å². The molecular formula is C24H19FN4O4. The first kappa shape index (κ1) is 20.6. The summed E-state index contributed by atoms with van der Waals surface area (Å²) in [5.41, 5.74) is 2.49. The molecule has 5 rings (SSSR count). The molecule has 0 bridgehead atoms. The van der Waals surface area contributed by atoms with Crippen molar-refractivity contribution in [1.82, 2.24) is 19.9 Å². The molecule has 0 saturated heterocycles. The molecule has 3 heterocycles. The molecule has 0 spiro atoms. The third-order valence-electron chi connectivity index (χ3n) is 5.31. The molecule has 0 aliphatic heterocycles. The van der Waals surface area contributed by atoms with Gasteiger partial charge in [-0.05, 0) is 30.3 Å². The van der Waals surface area contributed by atoms with Crippen LogP contribution in [0.15, 0.2) is 42.7 Å². The van der Waals surface area contributed by atoms with Gasteiger partial charge in [-0.2, -0.15) is 0 Å². The molecule has 0 radical (unpaired) electrons. The van der Waals surface area contributed by atoms with Gasteiger partial charge in [0.05, 0.1) is 25.9 Å². The first-order valence-corrected chi connectivity index (χ1v) is 10.0. The van der Waals surface area contributed by atoms with Crippen molar-refractivity contribution in [2.75, 3.05) is 14.2 Å². The van der Waals surface area contributed by atoms with Crippen LogP contribution in [0, 0.1) is 17.9 Å². The van der Waals surface area contributed by atoms with E-state index in [0.29, 0.717) is 33.7 Å². The number of imidazole rings is 1. The predicted octanol–water partition coefficient (Wildman–Crippen LogP) is 3.86. The van der Waals surface area contributed by atoms with Gasteiger partial charge in [0.25, 0.3) is 0 Å². The summed E-state index contributed by atoms with van der Waals surface area (Å²) in [5.74, 6) is 0.892. The van der Waals surface area contributed by atoms with Crippen LogP contribution >= 0.6 is 0 Å². The van der Waals surface area contributed by atoms with Gasteiger partial charge in [0.15, 0.2) is 11.5 Å². The summed E-state index contributed by atoms with van der Waals surface area (Å²) < 4.78 is 31.4. The van der Waals surface area contributed by atoms with Crippen LogP contribution in [0.25, 0.3) is 22.1 Å². The lowest BCUT2D eigenvalue weighted by molar-refractivity contribution is 0.214. The van der Waals surface area contributed by atoms with Crippen molar-refractivity contribution >= 4 is 22.1 Å². The van der Waals surface area contributed by atoms with Gasteiger partial charge in [0.1, 0.15) is 41.3 Å². The Labute approximate surface area is 188 Å². The summed E-state index contributed by atoms with van der Waals surface area (Å²) in [7, 11) is 2.97. The molecule has 3 N–H and O–H groups in total. The highest BCUT2D eigenvalue weighted by Gasteiger charge is 2.22.